The third kappa shape index (κ3) is 3.50. The number of hydrogen-bond acceptors (Lipinski definition) is 3. The van der Waals surface area contributed by atoms with Gasteiger partial charge in [-0.1, -0.05) is 17.7 Å². The molecule has 20 heavy (non-hydrogen) atoms. The average Bonchev–Trinajstić information content (AvgIpc) is 2.86. The molecular formula is C13H16ClNO4S. The number of halogens is 1. The SMILES string of the molecule is O=C(O)CCC1CCN(S(=O)(=O)c2cccc(Cl)c2)C1. The minimum atomic E-state index is -3.53. The van der Waals surface area contributed by atoms with Gasteiger partial charge in [-0.3, -0.25) is 4.79 Å². The summed E-state index contributed by atoms with van der Waals surface area (Å²) in [6, 6.07) is 6.18. The molecule has 2 rings (SSSR count). The lowest BCUT2D eigenvalue weighted by Crippen LogP contribution is -2.29. The predicted molar refractivity (Wildman–Crippen MR) is 75.2 cm³/mol. The van der Waals surface area contributed by atoms with Crippen LogP contribution in [0.2, 0.25) is 5.02 Å². The molecular weight excluding hydrogens is 302 g/mol. The van der Waals surface area contributed by atoms with Gasteiger partial charge in [0, 0.05) is 24.5 Å². The summed E-state index contributed by atoms with van der Waals surface area (Å²) in [7, 11) is -3.53. The number of nitrogens with zero attached hydrogens (tertiary/aromatic N) is 1. The van der Waals surface area contributed by atoms with E-state index in [4.69, 9.17) is 16.7 Å². The standard InChI is InChI=1S/C13H16ClNO4S/c14-11-2-1-3-12(8-11)20(18,19)15-7-6-10(9-15)4-5-13(16)17/h1-3,8,10H,4-7,9H2,(H,16,17). The molecule has 1 atom stereocenters. The van der Waals surface area contributed by atoms with E-state index >= 15 is 0 Å². The van der Waals surface area contributed by atoms with Gasteiger partial charge < -0.3 is 5.11 Å². The van der Waals surface area contributed by atoms with Crippen molar-refractivity contribution in [1.82, 2.24) is 4.31 Å². The molecule has 0 radical (unpaired) electrons. The molecule has 7 heteroatoms. The maximum Gasteiger partial charge on any atom is 0.303 e. The molecule has 1 saturated heterocycles. The van der Waals surface area contributed by atoms with E-state index in [1.807, 2.05) is 0 Å². The number of hydrogen-bond donors (Lipinski definition) is 1. The summed E-state index contributed by atoms with van der Waals surface area (Å²) >= 11 is 5.82. The second-order valence-electron chi connectivity index (χ2n) is 4.91. The zero-order chi connectivity index (χ0) is 14.8. The Morgan fingerprint density at radius 1 is 1.45 bits per heavy atom. The van der Waals surface area contributed by atoms with Crippen molar-refractivity contribution in [3.63, 3.8) is 0 Å². The summed E-state index contributed by atoms with van der Waals surface area (Å²) in [6.45, 7) is 0.807. The normalized spacial score (nSPS) is 20.1. The first-order valence-corrected chi connectivity index (χ1v) is 8.19. The fraction of sp³-hybridized carbons (Fsp3) is 0.462. The van der Waals surface area contributed by atoms with Crippen molar-refractivity contribution in [2.24, 2.45) is 5.92 Å². The van der Waals surface area contributed by atoms with Crippen molar-refractivity contribution >= 4 is 27.6 Å². The summed E-state index contributed by atoms with van der Waals surface area (Å²) in [4.78, 5) is 10.7. The van der Waals surface area contributed by atoms with Crippen LogP contribution in [-0.2, 0) is 14.8 Å². The number of carboxylic acids is 1. The van der Waals surface area contributed by atoms with E-state index in [0.717, 1.165) is 0 Å². The molecule has 0 saturated carbocycles. The highest BCUT2D eigenvalue weighted by atomic mass is 35.5. The first-order valence-electron chi connectivity index (χ1n) is 6.37. The van der Waals surface area contributed by atoms with Crippen LogP contribution in [0.5, 0.6) is 0 Å². The molecule has 1 unspecified atom stereocenters. The number of aliphatic carboxylic acids is 1. The Bertz CT molecular complexity index is 602. The van der Waals surface area contributed by atoms with Crippen LogP contribution in [0, 0.1) is 5.92 Å². The van der Waals surface area contributed by atoms with Crippen LogP contribution in [0.1, 0.15) is 19.3 Å². The van der Waals surface area contributed by atoms with Crippen molar-refractivity contribution < 1.29 is 18.3 Å². The average molecular weight is 318 g/mol. The van der Waals surface area contributed by atoms with Crippen LogP contribution in [0.3, 0.4) is 0 Å². The van der Waals surface area contributed by atoms with Crippen LogP contribution in [-0.4, -0.2) is 36.9 Å². The van der Waals surface area contributed by atoms with E-state index in [1.165, 1.54) is 16.4 Å². The molecule has 0 spiro atoms. The lowest BCUT2D eigenvalue weighted by molar-refractivity contribution is -0.137. The van der Waals surface area contributed by atoms with Gasteiger partial charge in [0.1, 0.15) is 0 Å². The lowest BCUT2D eigenvalue weighted by Gasteiger charge is -2.16. The molecule has 1 aliphatic rings. The van der Waals surface area contributed by atoms with Crippen molar-refractivity contribution in [2.75, 3.05) is 13.1 Å². The molecule has 110 valence electrons. The molecule has 1 fully saturated rings. The molecule has 1 heterocycles. The van der Waals surface area contributed by atoms with E-state index in [1.54, 1.807) is 12.1 Å². The van der Waals surface area contributed by atoms with Crippen LogP contribution in [0.15, 0.2) is 29.2 Å². The zero-order valence-electron chi connectivity index (χ0n) is 10.8. The number of carbonyl (C=O) groups is 1. The van der Waals surface area contributed by atoms with Crippen molar-refractivity contribution in [2.45, 2.75) is 24.2 Å². The van der Waals surface area contributed by atoms with Crippen LogP contribution in [0.4, 0.5) is 0 Å². The highest BCUT2D eigenvalue weighted by Crippen LogP contribution is 2.27. The van der Waals surface area contributed by atoms with Crippen molar-refractivity contribution in [3.8, 4) is 0 Å². The van der Waals surface area contributed by atoms with E-state index in [9.17, 15) is 13.2 Å². The topological polar surface area (TPSA) is 74.7 Å². The first kappa shape index (κ1) is 15.3. The predicted octanol–water partition coefficient (Wildman–Crippen LogP) is 2.22. The maximum atomic E-state index is 12.4. The van der Waals surface area contributed by atoms with E-state index in [-0.39, 0.29) is 17.2 Å². The first-order chi connectivity index (χ1) is 9.39. The van der Waals surface area contributed by atoms with Gasteiger partial charge in [-0.05, 0) is 37.0 Å². The Kier molecular flexibility index (Phi) is 4.67. The Labute approximate surface area is 123 Å². The van der Waals surface area contributed by atoms with Crippen molar-refractivity contribution in [1.29, 1.82) is 0 Å². The summed E-state index contributed by atoms with van der Waals surface area (Å²) in [6.07, 6.45) is 1.29. The fourth-order valence-electron chi connectivity index (χ4n) is 2.36. The second kappa shape index (κ2) is 6.11. The summed E-state index contributed by atoms with van der Waals surface area (Å²) in [5, 5.41) is 9.04. The van der Waals surface area contributed by atoms with Gasteiger partial charge in [0.25, 0.3) is 0 Å². The lowest BCUT2D eigenvalue weighted by atomic mass is 10.0. The van der Waals surface area contributed by atoms with Crippen molar-refractivity contribution in [3.05, 3.63) is 29.3 Å². The zero-order valence-corrected chi connectivity index (χ0v) is 12.4. The monoisotopic (exact) mass is 317 g/mol. The number of benzene rings is 1. The largest absolute Gasteiger partial charge is 0.481 e. The Morgan fingerprint density at radius 2 is 2.20 bits per heavy atom. The summed E-state index contributed by atoms with van der Waals surface area (Å²) in [5.74, 6) is -0.735. The minimum Gasteiger partial charge on any atom is -0.481 e. The van der Waals surface area contributed by atoms with Gasteiger partial charge in [-0.25, -0.2) is 8.42 Å². The minimum absolute atomic E-state index is 0.0791. The van der Waals surface area contributed by atoms with Gasteiger partial charge in [-0.15, -0.1) is 0 Å². The molecule has 0 amide bonds. The Balaban J connectivity index is 2.07. The smallest absolute Gasteiger partial charge is 0.303 e. The fourth-order valence-corrected chi connectivity index (χ4v) is 4.19. The maximum absolute atomic E-state index is 12.4. The molecule has 0 bridgehead atoms. The van der Waals surface area contributed by atoms with Crippen LogP contribution < -0.4 is 0 Å². The Hall–Kier alpha value is -1.11. The third-order valence-corrected chi connectivity index (χ3v) is 5.55. The van der Waals surface area contributed by atoms with Gasteiger partial charge in [0.2, 0.25) is 10.0 Å². The van der Waals surface area contributed by atoms with Gasteiger partial charge in [0.15, 0.2) is 0 Å². The summed E-state index contributed by atoms with van der Waals surface area (Å²) < 4.78 is 26.3. The molecule has 1 aliphatic heterocycles. The molecule has 0 aliphatic carbocycles. The quantitative estimate of drug-likeness (QED) is 0.903. The second-order valence-corrected chi connectivity index (χ2v) is 7.28. The van der Waals surface area contributed by atoms with Gasteiger partial charge >= 0.3 is 5.97 Å². The highest BCUT2D eigenvalue weighted by Gasteiger charge is 2.32. The van der Waals surface area contributed by atoms with Crippen LogP contribution in [0.25, 0.3) is 0 Å². The van der Waals surface area contributed by atoms with Gasteiger partial charge in [0.05, 0.1) is 4.90 Å². The number of rotatable bonds is 5. The number of carboxylic acid groups (broad SMARTS) is 1. The van der Waals surface area contributed by atoms with E-state index in [2.05, 4.69) is 0 Å². The van der Waals surface area contributed by atoms with Crippen LogP contribution >= 0.6 is 11.6 Å². The third-order valence-electron chi connectivity index (χ3n) is 3.45. The molecule has 0 aromatic heterocycles. The van der Waals surface area contributed by atoms with Gasteiger partial charge in [-0.2, -0.15) is 4.31 Å². The van der Waals surface area contributed by atoms with E-state index < -0.39 is 16.0 Å². The summed E-state index contributed by atoms with van der Waals surface area (Å²) in [5.41, 5.74) is 0. The molecule has 5 nitrogen and oxygen atoms in total. The number of sulfonamides is 1. The Morgan fingerprint density at radius 3 is 2.85 bits per heavy atom. The molecule has 1 aromatic rings. The van der Waals surface area contributed by atoms with E-state index in [0.29, 0.717) is 31.0 Å². The highest BCUT2D eigenvalue weighted by molar-refractivity contribution is 7.89. The molecule has 1 N–H and O–H groups in total. The molecule has 1 aromatic carbocycles.